The molecule has 1 unspecified atom stereocenters. The van der Waals surface area contributed by atoms with E-state index in [1.165, 1.54) is 30.3 Å². The van der Waals surface area contributed by atoms with Crippen molar-refractivity contribution in [3.8, 4) is 0 Å². The monoisotopic (exact) mass is 1030 g/mol. The first kappa shape index (κ1) is 62.3. The molecular weight excluding hydrogens is 955 g/mol. The number of hydrogen-bond donors (Lipinski definition) is 16. The number of unbranched alkanes of at least 4 members (excludes halogenated alkanes) is 2. The van der Waals surface area contributed by atoms with Crippen molar-refractivity contribution < 1.29 is 53.4 Å². The highest BCUT2D eigenvalue weighted by molar-refractivity contribution is 5.99. The number of carbonyl (C=O) groups is 9. The van der Waals surface area contributed by atoms with E-state index in [1.54, 1.807) is 12.1 Å². The Balaban J connectivity index is 2.23. The highest BCUT2D eigenvalue weighted by atomic mass is 16.4. The van der Waals surface area contributed by atoms with Crippen LogP contribution in [0, 0.1) is 0 Å². The van der Waals surface area contributed by atoms with E-state index in [4.69, 9.17) is 40.1 Å². The smallest absolute Gasteiger partial charge is 0.352 e. The van der Waals surface area contributed by atoms with Crippen LogP contribution in [0.3, 0.4) is 0 Å². The molecular formula is C45H77N17O11. The summed E-state index contributed by atoms with van der Waals surface area (Å²) in [5.41, 5.74) is 39.2. The lowest BCUT2D eigenvalue weighted by Gasteiger charge is -2.30. The lowest BCUT2D eigenvalue weighted by molar-refractivity contribution is -0.142. The Bertz CT molecular complexity index is 2040. The van der Waals surface area contributed by atoms with Crippen molar-refractivity contribution in [1.29, 1.82) is 0 Å². The standard InChI is InChI=1S/C45H77N17O11/c1-26(56-42(70)36(34(63)24-49)61-38(66)28(50)9-2-4-16-46)37(65)55-25-35(64)57-30(11-6-18-48)43(71)62-22-8-13-33(62)41(69)60-32(23-27-14-20-53-21-15-27)40(68)58-29(10-3-5-17-47)39(67)59-31(44(72)73)12-7-19-54-45(51)52/h12,14-15,20-21,26,28-30,32-34,36,63H,2-11,13,16-19,22-25,46-50H2,1H3,(H,55,65)(H,56,70)(H,57,64)(H,58,68)(H,59,67)(H,60,69)(H,61,66)(H,72,73)(H4,51,52,54)/b31-12-/t26-,28?,29-,30+,32-,33-,34-,36-/m0/s1. The predicted octanol–water partition coefficient (Wildman–Crippen LogP) is -6.43. The highest BCUT2D eigenvalue weighted by Gasteiger charge is 2.39. The molecule has 1 aliphatic rings. The summed E-state index contributed by atoms with van der Waals surface area (Å²) >= 11 is 0. The molecule has 1 aliphatic heterocycles. The quantitative estimate of drug-likeness (QED) is 0.0132. The number of aliphatic hydroxyl groups excluding tert-OH is 1. The number of likely N-dealkylation sites (tertiary alicyclic amines) is 1. The lowest BCUT2D eigenvalue weighted by Crippen LogP contribution is -2.60. The summed E-state index contributed by atoms with van der Waals surface area (Å²) in [6.07, 6.45) is 5.87. The molecule has 1 fully saturated rings. The predicted molar refractivity (Wildman–Crippen MR) is 267 cm³/mol. The summed E-state index contributed by atoms with van der Waals surface area (Å²) in [6.45, 7) is 1.20. The zero-order valence-corrected chi connectivity index (χ0v) is 41.4. The number of carboxylic acids is 1. The van der Waals surface area contributed by atoms with E-state index in [0.29, 0.717) is 44.2 Å². The van der Waals surface area contributed by atoms with Gasteiger partial charge in [0.05, 0.1) is 18.7 Å². The maximum atomic E-state index is 14.2. The first-order valence-electron chi connectivity index (χ1n) is 24.3. The number of nitrogens with two attached hydrogens (primary N) is 7. The molecule has 1 aromatic rings. The van der Waals surface area contributed by atoms with Gasteiger partial charge >= 0.3 is 5.97 Å². The average molecular weight is 1030 g/mol. The van der Waals surface area contributed by atoms with Gasteiger partial charge in [0.25, 0.3) is 0 Å². The third kappa shape index (κ3) is 22.6. The summed E-state index contributed by atoms with van der Waals surface area (Å²) in [5, 5.41) is 37.6. The van der Waals surface area contributed by atoms with Gasteiger partial charge in [0.15, 0.2) is 5.96 Å². The average Bonchev–Trinajstić information content (AvgIpc) is 3.86. The zero-order valence-electron chi connectivity index (χ0n) is 41.4. The number of pyridine rings is 1. The van der Waals surface area contributed by atoms with Crippen molar-refractivity contribution in [1.82, 2.24) is 47.1 Å². The molecule has 1 aromatic heterocycles. The van der Waals surface area contributed by atoms with Gasteiger partial charge in [-0.15, -0.1) is 0 Å². The number of nitrogens with zero attached hydrogens (tertiary/aromatic N) is 3. The van der Waals surface area contributed by atoms with Crippen LogP contribution in [0.2, 0.25) is 0 Å². The maximum absolute atomic E-state index is 14.2. The number of guanidine groups is 1. The number of nitrogens with one attached hydrogen (secondary N) is 7. The molecule has 0 aromatic carbocycles. The Kier molecular flexibility index (Phi) is 28.8. The Morgan fingerprint density at radius 2 is 1.42 bits per heavy atom. The first-order valence-corrected chi connectivity index (χ1v) is 24.3. The molecule has 2 rings (SSSR count). The van der Waals surface area contributed by atoms with Gasteiger partial charge < -0.3 is 92.5 Å². The number of carboxylic acid groups (broad SMARTS) is 1. The van der Waals surface area contributed by atoms with Crippen molar-refractivity contribution in [3.05, 3.63) is 41.9 Å². The van der Waals surface area contributed by atoms with Crippen LogP contribution in [0.4, 0.5) is 0 Å². The molecule has 28 heteroatoms. The molecule has 0 spiro atoms. The van der Waals surface area contributed by atoms with Crippen LogP contribution in [0.25, 0.3) is 0 Å². The molecule has 8 atom stereocenters. The summed E-state index contributed by atoms with van der Waals surface area (Å²) in [7, 11) is 0. The number of aliphatic imine (C=N–C) groups is 1. The fourth-order valence-electron chi connectivity index (χ4n) is 7.47. The molecule has 73 heavy (non-hydrogen) atoms. The molecule has 0 radical (unpaired) electrons. The van der Waals surface area contributed by atoms with E-state index in [1.807, 2.05) is 0 Å². The minimum Gasteiger partial charge on any atom is -0.477 e. The molecule has 0 bridgehead atoms. The number of amides is 8. The van der Waals surface area contributed by atoms with E-state index < -0.39 is 120 Å². The molecule has 1 saturated heterocycles. The molecule has 2 heterocycles. The second-order valence-corrected chi connectivity index (χ2v) is 17.3. The molecule has 8 amide bonds. The van der Waals surface area contributed by atoms with E-state index >= 15 is 0 Å². The van der Waals surface area contributed by atoms with Gasteiger partial charge in [-0.2, -0.15) is 0 Å². The lowest BCUT2D eigenvalue weighted by atomic mass is 10.0. The van der Waals surface area contributed by atoms with Crippen molar-refractivity contribution in [2.45, 2.75) is 132 Å². The van der Waals surface area contributed by atoms with Gasteiger partial charge in [-0.25, -0.2) is 4.79 Å². The van der Waals surface area contributed by atoms with Gasteiger partial charge in [-0.05, 0) is 108 Å². The van der Waals surface area contributed by atoms with E-state index in [9.17, 15) is 53.4 Å². The fraction of sp³-hybridized carbons (Fsp3) is 0.622. The van der Waals surface area contributed by atoms with Gasteiger partial charge in [-0.1, -0.05) is 12.5 Å². The molecule has 408 valence electrons. The Morgan fingerprint density at radius 1 is 0.781 bits per heavy atom. The number of aliphatic carboxylic acids is 1. The first-order chi connectivity index (χ1) is 34.8. The van der Waals surface area contributed by atoms with Gasteiger partial charge in [0.1, 0.15) is 41.9 Å². The molecule has 0 aliphatic carbocycles. The second kappa shape index (κ2) is 33.7. The van der Waals surface area contributed by atoms with Gasteiger partial charge in [0.2, 0.25) is 47.3 Å². The van der Waals surface area contributed by atoms with E-state index in [2.05, 4.69) is 47.2 Å². The molecule has 23 N–H and O–H groups in total. The molecule has 0 saturated carbocycles. The van der Waals surface area contributed by atoms with Crippen LogP contribution in [-0.2, 0) is 49.6 Å². The zero-order chi connectivity index (χ0) is 54.5. The third-order valence-corrected chi connectivity index (χ3v) is 11.5. The van der Waals surface area contributed by atoms with E-state index in [0.717, 1.165) is 0 Å². The van der Waals surface area contributed by atoms with Crippen LogP contribution < -0.4 is 77.4 Å². The Morgan fingerprint density at radius 3 is 2.04 bits per heavy atom. The van der Waals surface area contributed by atoms with Gasteiger partial charge in [0, 0.05) is 38.4 Å². The Hall–Kier alpha value is -6.85. The van der Waals surface area contributed by atoms with Crippen LogP contribution in [0.15, 0.2) is 41.3 Å². The van der Waals surface area contributed by atoms with Crippen LogP contribution in [0.1, 0.15) is 83.1 Å². The summed E-state index contributed by atoms with van der Waals surface area (Å²) in [4.78, 5) is 129. The Labute approximate surface area is 423 Å². The fourth-order valence-corrected chi connectivity index (χ4v) is 7.47. The SMILES string of the molecule is C[C@H](NC(=O)[C@@H](NC(=O)C(N)CCCCN)[C@@H](O)CN)C(=O)NCC(=O)N[C@H](CCCN)C(=O)N1CCC[C@H]1C(=O)N[C@@H](Cc1ccncc1)C(=O)N[C@@H](CCCCN)C(=O)N/C(=C\CCN=C(N)N)C(=O)O. The number of aromatic nitrogens is 1. The number of carbonyl (C=O) groups excluding carboxylic acids is 8. The van der Waals surface area contributed by atoms with E-state index in [-0.39, 0.29) is 77.1 Å². The summed E-state index contributed by atoms with van der Waals surface area (Å²) in [6, 6.07) is -5.52. The molecule has 28 nitrogen and oxygen atoms in total. The van der Waals surface area contributed by atoms with Crippen LogP contribution >= 0.6 is 0 Å². The number of rotatable bonds is 34. The third-order valence-electron chi connectivity index (χ3n) is 11.5. The summed E-state index contributed by atoms with van der Waals surface area (Å²) in [5.74, 6) is -7.94. The van der Waals surface area contributed by atoms with Crippen molar-refractivity contribution >= 4 is 59.2 Å². The second-order valence-electron chi connectivity index (χ2n) is 17.3. The maximum Gasteiger partial charge on any atom is 0.352 e. The largest absolute Gasteiger partial charge is 0.477 e. The van der Waals surface area contributed by atoms with Crippen LogP contribution in [-0.4, -0.2) is 173 Å². The van der Waals surface area contributed by atoms with Crippen LogP contribution in [0.5, 0.6) is 0 Å². The minimum absolute atomic E-state index is 0.0439. The number of hydrogen-bond acceptors (Lipinski definition) is 17. The van der Waals surface area contributed by atoms with Gasteiger partial charge in [-0.3, -0.25) is 48.3 Å². The van der Waals surface area contributed by atoms with Crippen molar-refractivity contribution in [3.63, 3.8) is 0 Å². The topological polar surface area (TPSA) is 489 Å². The highest BCUT2D eigenvalue weighted by Crippen LogP contribution is 2.20. The summed E-state index contributed by atoms with van der Waals surface area (Å²) < 4.78 is 0. The van der Waals surface area contributed by atoms with Crippen molar-refractivity contribution in [2.75, 3.05) is 45.8 Å². The van der Waals surface area contributed by atoms with Crippen molar-refractivity contribution in [2.24, 2.45) is 45.1 Å². The minimum atomic E-state index is -1.56. The number of aliphatic hydroxyl groups is 1. The normalized spacial score (nSPS) is 16.2.